The Bertz CT molecular complexity index is 371. The highest BCUT2D eigenvalue weighted by Crippen LogP contribution is 2.13. The highest BCUT2D eigenvalue weighted by molar-refractivity contribution is 5.93. The van der Waals surface area contributed by atoms with Gasteiger partial charge in [-0.25, -0.2) is 4.79 Å². The molecule has 4 heteroatoms. The highest BCUT2D eigenvalue weighted by Gasteiger charge is 2.13. The summed E-state index contributed by atoms with van der Waals surface area (Å²) in [6.07, 6.45) is 1.65. The van der Waals surface area contributed by atoms with E-state index in [0.29, 0.717) is 5.56 Å². The molecule has 0 bridgehead atoms. The largest absolute Gasteiger partial charge is 0.478 e. The van der Waals surface area contributed by atoms with Crippen LogP contribution < -0.4 is 5.43 Å². The zero-order valence-electron chi connectivity index (χ0n) is 6.19. The fourth-order valence-corrected chi connectivity index (χ4v) is 1.14. The monoisotopic (exact) mass is 163 g/mol. The summed E-state index contributed by atoms with van der Waals surface area (Å²) in [6, 6.07) is 4.95. The number of aromatic carboxylic acids is 1. The predicted octanol–water partition coefficient (Wildman–Crippen LogP) is -0.0728. The lowest BCUT2D eigenvalue weighted by Crippen LogP contribution is -2.69. The van der Waals surface area contributed by atoms with E-state index in [9.17, 15) is 4.79 Å². The quantitative estimate of drug-likeness (QED) is 0.449. The van der Waals surface area contributed by atoms with Gasteiger partial charge in [-0.15, -0.1) is 0 Å². The fourth-order valence-electron chi connectivity index (χ4n) is 1.14. The van der Waals surface area contributed by atoms with Crippen LogP contribution >= 0.6 is 0 Å². The first-order valence-corrected chi connectivity index (χ1v) is 3.51. The van der Waals surface area contributed by atoms with Gasteiger partial charge in [0, 0.05) is 6.07 Å². The van der Waals surface area contributed by atoms with Crippen LogP contribution in [0.15, 0.2) is 23.3 Å². The van der Waals surface area contributed by atoms with Crippen molar-refractivity contribution in [1.82, 2.24) is 0 Å². The van der Waals surface area contributed by atoms with Gasteiger partial charge >= 0.3 is 5.97 Å². The van der Waals surface area contributed by atoms with Crippen LogP contribution in [0.5, 0.6) is 0 Å². The van der Waals surface area contributed by atoms with Crippen LogP contribution in [0.25, 0.3) is 0 Å². The number of nitrogens with zero attached hydrogens (tertiary/aromatic N) is 1. The number of carboxylic acids is 1. The summed E-state index contributed by atoms with van der Waals surface area (Å²) in [5.41, 5.74) is 3.85. The summed E-state index contributed by atoms with van der Waals surface area (Å²) < 4.78 is 0. The minimum Gasteiger partial charge on any atom is -0.478 e. The first kappa shape index (κ1) is 7.00. The van der Waals surface area contributed by atoms with E-state index >= 15 is 0 Å². The standard InChI is InChI=1S/C8H6N2O2/c11-8(12)5-1-2-7-6(3-5)4-9-10-7/h1-4H,(H,9,10)(H,11,12)/p+1. The maximum Gasteiger partial charge on any atom is 0.335 e. The smallest absolute Gasteiger partial charge is 0.335 e. The molecule has 0 saturated heterocycles. The second kappa shape index (κ2) is 2.42. The highest BCUT2D eigenvalue weighted by atomic mass is 16.4. The molecule has 0 fully saturated rings. The van der Waals surface area contributed by atoms with Gasteiger partial charge in [-0.3, -0.25) is 0 Å². The molecule has 0 radical (unpaired) electrons. The lowest BCUT2D eigenvalue weighted by Gasteiger charge is -1.94. The van der Waals surface area contributed by atoms with Gasteiger partial charge < -0.3 is 5.11 Å². The number of rotatable bonds is 1. The number of carbonyl (C=O) groups is 1. The lowest BCUT2D eigenvalue weighted by atomic mass is 10.1. The fraction of sp³-hybridized carbons (Fsp3) is 0. The van der Waals surface area contributed by atoms with Crippen LogP contribution in [-0.4, -0.2) is 17.3 Å². The molecular formula is C8H7N2O2+. The molecule has 12 heavy (non-hydrogen) atoms. The summed E-state index contributed by atoms with van der Waals surface area (Å²) in [5, 5.41) is 12.6. The molecule has 1 aromatic rings. The Labute approximate surface area is 68.5 Å². The Morgan fingerprint density at radius 1 is 1.50 bits per heavy atom. The van der Waals surface area contributed by atoms with Gasteiger partial charge in [-0.2, -0.15) is 5.43 Å². The number of fused-ring (bicyclic) bond motifs is 1. The Morgan fingerprint density at radius 2 is 2.33 bits per heavy atom. The minimum absolute atomic E-state index is 0.301. The molecule has 0 amide bonds. The molecule has 0 saturated carbocycles. The van der Waals surface area contributed by atoms with E-state index in [1.807, 2.05) is 0 Å². The van der Waals surface area contributed by atoms with Gasteiger partial charge in [-0.1, -0.05) is 5.10 Å². The molecule has 0 spiro atoms. The molecule has 1 aliphatic heterocycles. The lowest BCUT2D eigenvalue weighted by molar-refractivity contribution is -0.573. The van der Waals surface area contributed by atoms with Crippen LogP contribution in [0, 0.1) is 0 Å². The summed E-state index contributed by atoms with van der Waals surface area (Å²) in [4.78, 5) is 10.5. The molecule has 0 aromatic heterocycles. The maximum absolute atomic E-state index is 10.5. The molecule has 0 unspecified atom stereocenters. The first-order valence-electron chi connectivity index (χ1n) is 3.51. The number of carboxylic acid groups (broad SMARTS) is 1. The Kier molecular flexibility index (Phi) is 1.41. The molecule has 2 rings (SSSR count). The van der Waals surface area contributed by atoms with Crippen LogP contribution in [0.3, 0.4) is 0 Å². The molecule has 4 nitrogen and oxygen atoms in total. The third-order valence-electron chi connectivity index (χ3n) is 1.76. The van der Waals surface area contributed by atoms with Crippen molar-refractivity contribution < 1.29 is 15.3 Å². The van der Waals surface area contributed by atoms with Gasteiger partial charge in [0.05, 0.1) is 17.3 Å². The number of hydrogen-bond acceptors (Lipinski definition) is 2. The van der Waals surface area contributed by atoms with E-state index in [1.54, 1.807) is 29.8 Å². The Morgan fingerprint density at radius 3 is 3.08 bits per heavy atom. The molecule has 1 heterocycles. The first-order chi connectivity index (χ1) is 5.77. The van der Waals surface area contributed by atoms with Crippen LogP contribution in [-0.2, 0) is 0 Å². The van der Waals surface area contributed by atoms with Crippen molar-refractivity contribution >= 4 is 17.9 Å². The average Bonchev–Trinajstić information content (AvgIpc) is 2.49. The summed E-state index contributed by atoms with van der Waals surface area (Å²) >= 11 is 0. The Balaban J connectivity index is 2.51. The third kappa shape index (κ3) is 0.981. The van der Waals surface area contributed by atoms with E-state index in [0.717, 1.165) is 11.3 Å². The third-order valence-corrected chi connectivity index (χ3v) is 1.76. The summed E-state index contributed by atoms with van der Waals surface area (Å²) in [7, 11) is 0. The molecule has 0 atom stereocenters. The number of hydrogen-bond donors (Lipinski definition) is 2. The zero-order valence-corrected chi connectivity index (χ0v) is 6.19. The van der Waals surface area contributed by atoms with Crippen molar-refractivity contribution in [3.8, 4) is 0 Å². The Hall–Kier alpha value is -1.68. The predicted molar refractivity (Wildman–Crippen MR) is 42.6 cm³/mol. The van der Waals surface area contributed by atoms with Gasteiger partial charge in [-0.05, 0) is 12.1 Å². The van der Waals surface area contributed by atoms with E-state index < -0.39 is 5.97 Å². The van der Waals surface area contributed by atoms with Gasteiger partial charge in [0.2, 0.25) is 0 Å². The molecule has 60 valence electrons. The van der Waals surface area contributed by atoms with Gasteiger partial charge in [0.25, 0.3) is 0 Å². The zero-order chi connectivity index (χ0) is 8.55. The summed E-state index contributed by atoms with van der Waals surface area (Å²) in [5.74, 6) is -0.905. The molecule has 0 aliphatic carbocycles. The molecular weight excluding hydrogens is 156 g/mol. The van der Waals surface area contributed by atoms with Gasteiger partial charge in [0.1, 0.15) is 0 Å². The van der Waals surface area contributed by atoms with E-state index in [2.05, 4.69) is 5.10 Å². The maximum atomic E-state index is 10.5. The number of nitrogens with two attached hydrogens (primary N) is 1. The minimum atomic E-state index is -0.905. The van der Waals surface area contributed by atoms with Gasteiger partial charge in [0.15, 0.2) is 5.69 Å². The van der Waals surface area contributed by atoms with Crippen molar-refractivity contribution in [2.24, 2.45) is 5.10 Å². The second-order valence-electron chi connectivity index (χ2n) is 2.56. The normalized spacial score (nSPS) is 13.0. The second-order valence-corrected chi connectivity index (χ2v) is 2.56. The SMILES string of the molecule is O=C(O)c1ccc2c(c1)C=N[NH2+]2. The van der Waals surface area contributed by atoms with Crippen molar-refractivity contribution in [2.45, 2.75) is 0 Å². The van der Waals surface area contributed by atoms with Crippen molar-refractivity contribution in [2.75, 3.05) is 0 Å². The molecule has 1 aromatic carbocycles. The van der Waals surface area contributed by atoms with E-state index in [1.165, 1.54) is 0 Å². The summed E-state index contributed by atoms with van der Waals surface area (Å²) in [6.45, 7) is 0. The van der Waals surface area contributed by atoms with Crippen LogP contribution in [0.2, 0.25) is 0 Å². The van der Waals surface area contributed by atoms with Crippen molar-refractivity contribution in [1.29, 1.82) is 0 Å². The number of quaternary nitrogens is 1. The van der Waals surface area contributed by atoms with Crippen LogP contribution in [0.1, 0.15) is 15.9 Å². The van der Waals surface area contributed by atoms with E-state index in [4.69, 9.17) is 5.11 Å². The van der Waals surface area contributed by atoms with E-state index in [-0.39, 0.29) is 0 Å². The number of benzene rings is 1. The van der Waals surface area contributed by atoms with Crippen molar-refractivity contribution in [3.63, 3.8) is 0 Å². The van der Waals surface area contributed by atoms with Crippen molar-refractivity contribution in [3.05, 3.63) is 29.3 Å². The molecule has 3 N–H and O–H groups in total. The average molecular weight is 163 g/mol. The molecule has 1 aliphatic rings. The van der Waals surface area contributed by atoms with Crippen LogP contribution in [0.4, 0.5) is 5.69 Å². The topological polar surface area (TPSA) is 66.3 Å².